The minimum absolute atomic E-state index is 0.0306. The Morgan fingerprint density at radius 3 is 2.15 bits per heavy atom. The number of ether oxygens (including phenoxy) is 1. The van der Waals surface area contributed by atoms with Crippen molar-refractivity contribution >= 4 is 0 Å². The fourth-order valence-electron chi connectivity index (χ4n) is 4.95. The molecule has 0 aliphatic heterocycles. The Balaban J connectivity index is 1.41. The van der Waals surface area contributed by atoms with Crippen LogP contribution in [0.2, 0.25) is 0 Å². The predicted molar refractivity (Wildman–Crippen MR) is 127 cm³/mol. The van der Waals surface area contributed by atoms with Crippen LogP contribution in [0.15, 0.2) is 48.5 Å². The fraction of sp³-hybridized carbons (Fsp3) is 0.379. The Morgan fingerprint density at radius 1 is 0.765 bits per heavy atom. The molecule has 0 amide bonds. The molecule has 0 atom stereocenters. The molecule has 180 valence electrons. The molecular weight excluding hydrogens is 440 g/mol. The molecule has 0 saturated heterocycles. The summed E-state index contributed by atoms with van der Waals surface area (Å²) in [6.45, 7) is 3.72. The van der Waals surface area contributed by atoms with E-state index >= 15 is 0 Å². The number of hydrogen-bond donors (Lipinski definition) is 0. The lowest BCUT2D eigenvalue weighted by Crippen LogP contribution is -2.15. The Bertz CT molecular complexity index is 1130. The molecule has 1 aliphatic carbocycles. The molecule has 1 aliphatic rings. The SMILES string of the molecule is CCCC1CCC(c2ccc(OCc3ccc(-c4ccc(C)c(F)c4F)cc3)c(F)c2F)CC1. The Labute approximate surface area is 198 Å². The minimum Gasteiger partial charge on any atom is -0.486 e. The van der Waals surface area contributed by atoms with E-state index in [1.807, 2.05) is 0 Å². The van der Waals surface area contributed by atoms with Gasteiger partial charge in [-0.3, -0.25) is 0 Å². The normalized spacial score (nSPS) is 18.2. The Morgan fingerprint density at radius 2 is 1.47 bits per heavy atom. The van der Waals surface area contributed by atoms with Gasteiger partial charge in [-0.2, -0.15) is 4.39 Å². The van der Waals surface area contributed by atoms with Gasteiger partial charge in [-0.15, -0.1) is 0 Å². The van der Waals surface area contributed by atoms with Crippen molar-refractivity contribution in [1.82, 2.24) is 0 Å². The Hall–Kier alpha value is -2.82. The van der Waals surface area contributed by atoms with Gasteiger partial charge < -0.3 is 4.74 Å². The second-order valence-electron chi connectivity index (χ2n) is 9.33. The van der Waals surface area contributed by atoms with Gasteiger partial charge in [-0.05, 0) is 72.8 Å². The number of rotatable bonds is 7. The fourth-order valence-corrected chi connectivity index (χ4v) is 4.95. The van der Waals surface area contributed by atoms with Crippen molar-refractivity contribution in [1.29, 1.82) is 0 Å². The van der Waals surface area contributed by atoms with E-state index in [9.17, 15) is 17.6 Å². The topological polar surface area (TPSA) is 9.23 Å². The first kappa shape index (κ1) is 24.3. The smallest absolute Gasteiger partial charge is 0.200 e. The second kappa shape index (κ2) is 10.6. The highest BCUT2D eigenvalue weighted by atomic mass is 19.2. The third-order valence-corrected chi connectivity index (χ3v) is 6.99. The summed E-state index contributed by atoms with van der Waals surface area (Å²) < 4.78 is 63.2. The van der Waals surface area contributed by atoms with Crippen LogP contribution in [0.1, 0.15) is 68.1 Å². The van der Waals surface area contributed by atoms with E-state index in [4.69, 9.17) is 4.74 Å². The van der Waals surface area contributed by atoms with Crippen LogP contribution in [0.4, 0.5) is 17.6 Å². The van der Waals surface area contributed by atoms with Gasteiger partial charge in [0.1, 0.15) is 6.61 Å². The quantitative estimate of drug-likeness (QED) is 0.313. The molecule has 0 bridgehead atoms. The zero-order valence-corrected chi connectivity index (χ0v) is 19.6. The van der Waals surface area contributed by atoms with Crippen molar-refractivity contribution in [2.45, 2.75) is 64.9 Å². The van der Waals surface area contributed by atoms with Crippen molar-refractivity contribution in [3.8, 4) is 16.9 Å². The summed E-state index contributed by atoms with van der Waals surface area (Å²) in [4.78, 5) is 0. The van der Waals surface area contributed by atoms with Crippen molar-refractivity contribution in [2.24, 2.45) is 5.92 Å². The van der Waals surface area contributed by atoms with Crippen LogP contribution in [0, 0.1) is 36.1 Å². The number of aryl methyl sites for hydroxylation is 1. The Kier molecular flexibility index (Phi) is 7.60. The standard InChI is InChI=1S/C29H30F4O/c1-3-4-19-6-10-21(11-7-19)24-15-16-25(29(33)28(24)32)34-17-20-8-12-22(13-9-20)23-14-5-18(2)26(30)27(23)31/h5,8-9,12-16,19,21H,3-4,6-7,10-11,17H2,1-2H3. The summed E-state index contributed by atoms with van der Waals surface area (Å²) in [7, 11) is 0. The summed E-state index contributed by atoms with van der Waals surface area (Å²) >= 11 is 0. The van der Waals surface area contributed by atoms with Crippen LogP contribution in [-0.2, 0) is 6.61 Å². The van der Waals surface area contributed by atoms with Gasteiger partial charge in [-0.25, -0.2) is 13.2 Å². The van der Waals surface area contributed by atoms with Gasteiger partial charge in [0, 0.05) is 5.56 Å². The summed E-state index contributed by atoms with van der Waals surface area (Å²) in [6, 6.07) is 12.9. The molecule has 0 heterocycles. The van der Waals surface area contributed by atoms with Crippen LogP contribution in [0.25, 0.3) is 11.1 Å². The molecule has 3 aromatic carbocycles. The molecule has 0 N–H and O–H groups in total. The average Bonchev–Trinajstić information content (AvgIpc) is 2.85. The third kappa shape index (κ3) is 5.13. The van der Waals surface area contributed by atoms with Crippen molar-refractivity contribution in [2.75, 3.05) is 0 Å². The maximum atomic E-state index is 14.8. The molecule has 1 nitrogen and oxygen atoms in total. The minimum atomic E-state index is -0.956. The highest BCUT2D eigenvalue weighted by Crippen LogP contribution is 2.40. The van der Waals surface area contributed by atoms with E-state index < -0.39 is 23.3 Å². The summed E-state index contributed by atoms with van der Waals surface area (Å²) in [6.07, 6.45) is 6.26. The van der Waals surface area contributed by atoms with Gasteiger partial charge in [-0.1, -0.05) is 62.2 Å². The molecule has 3 aromatic rings. The molecule has 0 unspecified atom stereocenters. The van der Waals surface area contributed by atoms with Crippen LogP contribution < -0.4 is 4.74 Å². The molecule has 1 saturated carbocycles. The van der Waals surface area contributed by atoms with Crippen LogP contribution in [0.3, 0.4) is 0 Å². The van der Waals surface area contributed by atoms with E-state index in [0.29, 0.717) is 22.6 Å². The number of halogens is 4. The lowest BCUT2D eigenvalue weighted by Gasteiger charge is -2.29. The van der Waals surface area contributed by atoms with Gasteiger partial charge in [0.25, 0.3) is 0 Å². The first-order valence-corrected chi connectivity index (χ1v) is 12.0. The van der Waals surface area contributed by atoms with E-state index in [1.165, 1.54) is 31.5 Å². The van der Waals surface area contributed by atoms with Crippen molar-refractivity contribution in [3.05, 3.63) is 88.5 Å². The molecule has 0 aromatic heterocycles. The first-order valence-electron chi connectivity index (χ1n) is 12.0. The summed E-state index contributed by atoms with van der Waals surface area (Å²) in [5.74, 6) is -2.90. The van der Waals surface area contributed by atoms with Gasteiger partial charge in [0.15, 0.2) is 23.2 Å². The largest absolute Gasteiger partial charge is 0.486 e. The highest BCUT2D eigenvalue weighted by Gasteiger charge is 2.26. The van der Waals surface area contributed by atoms with Gasteiger partial charge >= 0.3 is 0 Å². The van der Waals surface area contributed by atoms with Gasteiger partial charge in [0.05, 0.1) is 0 Å². The summed E-state index contributed by atoms with van der Waals surface area (Å²) in [5.41, 5.74) is 2.08. The second-order valence-corrected chi connectivity index (χ2v) is 9.33. The maximum Gasteiger partial charge on any atom is 0.200 e. The molecule has 1 fully saturated rings. The lowest BCUT2D eigenvalue weighted by atomic mass is 9.77. The van der Waals surface area contributed by atoms with Crippen molar-refractivity contribution < 1.29 is 22.3 Å². The first-order chi connectivity index (χ1) is 16.4. The average molecular weight is 471 g/mol. The van der Waals surface area contributed by atoms with E-state index in [-0.39, 0.29) is 29.4 Å². The molecule has 0 spiro atoms. The molecule has 5 heteroatoms. The predicted octanol–water partition coefficient (Wildman–Crippen LogP) is 8.87. The number of hydrogen-bond acceptors (Lipinski definition) is 1. The molecule has 0 radical (unpaired) electrons. The van der Waals surface area contributed by atoms with E-state index in [0.717, 1.165) is 32.1 Å². The van der Waals surface area contributed by atoms with Crippen LogP contribution in [0.5, 0.6) is 5.75 Å². The van der Waals surface area contributed by atoms with E-state index in [2.05, 4.69) is 6.92 Å². The van der Waals surface area contributed by atoms with Gasteiger partial charge in [0.2, 0.25) is 5.82 Å². The zero-order valence-electron chi connectivity index (χ0n) is 19.6. The molecular formula is C29H30F4O. The van der Waals surface area contributed by atoms with Crippen LogP contribution in [-0.4, -0.2) is 0 Å². The molecule has 4 rings (SSSR count). The van der Waals surface area contributed by atoms with E-state index in [1.54, 1.807) is 30.3 Å². The van der Waals surface area contributed by atoms with Crippen molar-refractivity contribution in [3.63, 3.8) is 0 Å². The monoisotopic (exact) mass is 470 g/mol. The molecule has 34 heavy (non-hydrogen) atoms. The zero-order chi connectivity index (χ0) is 24.2. The third-order valence-electron chi connectivity index (χ3n) is 6.99. The maximum absolute atomic E-state index is 14.8. The number of benzene rings is 3. The summed E-state index contributed by atoms with van der Waals surface area (Å²) in [5, 5.41) is 0. The van der Waals surface area contributed by atoms with Crippen LogP contribution >= 0.6 is 0 Å². The lowest BCUT2D eigenvalue weighted by molar-refractivity contribution is 0.279. The highest BCUT2D eigenvalue weighted by molar-refractivity contribution is 5.65.